The van der Waals surface area contributed by atoms with Gasteiger partial charge in [-0.15, -0.1) is 12.4 Å². The molecule has 0 saturated heterocycles. The number of fused-ring (bicyclic) bond motifs is 3. The molecule has 0 radical (unpaired) electrons. The van der Waals surface area contributed by atoms with Crippen LogP contribution in [0.15, 0.2) is 12.1 Å². The van der Waals surface area contributed by atoms with Gasteiger partial charge in [0.05, 0.1) is 10.5 Å². The monoisotopic (exact) mass is 274 g/mol. The number of nitrogens with one attached hydrogen (secondary N) is 1. The second kappa shape index (κ2) is 4.48. The molecule has 1 N–H and O–H groups in total. The zero-order chi connectivity index (χ0) is 11.3. The average molecular weight is 275 g/mol. The molecule has 2 nitrogen and oxygen atoms in total. The predicted molar refractivity (Wildman–Crippen MR) is 70.5 cm³/mol. The van der Waals surface area contributed by atoms with Crippen LogP contribution in [0.1, 0.15) is 11.3 Å². The van der Waals surface area contributed by atoms with Gasteiger partial charge in [0.15, 0.2) is 5.82 Å². The van der Waals surface area contributed by atoms with E-state index < -0.39 is 0 Å². The van der Waals surface area contributed by atoms with Crippen LogP contribution in [0.3, 0.4) is 0 Å². The summed E-state index contributed by atoms with van der Waals surface area (Å²) >= 11 is 5.82. The molecule has 0 aliphatic carbocycles. The number of benzene rings is 1. The van der Waals surface area contributed by atoms with Crippen LogP contribution in [0.4, 0.5) is 4.39 Å². The van der Waals surface area contributed by atoms with Crippen molar-refractivity contribution in [2.75, 3.05) is 6.54 Å². The van der Waals surface area contributed by atoms with Gasteiger partial charge in [0, 0.05) is 37.6 Å². The van der Waals surface area contributed by atoms with Gasteiger partial charge in [0.25, 0.3) is 0 Å². The largest absolute Gasteiger partial charge is 0.345 e. The topological polar surface area (TPSA) is 17.0 Å². The van der Waals surface area contributed by atoms with Crippen LogP contribution in [0.2, 0.25) is 5.02 Å². The molecule has 0 atom stereocenters. The highest BCUT2D eigenvalue weighted by Crippen LogP contribution is 2.32. The highest BCUT2D eigenvalue weighted by Gasteiger charge is 2.20. The fourth-order valence-electron chi connectivity index (χ4n) is 2.54. The first-order chi connectivity index (χ1) is 7.70. The molecule has 1 aliphatic heterocycles. The third kappa shape index (κ3) is 1.73. The Labute approximate surface area is 110 Å². The number of nitrogens with zero attached hydrogens (tertiary/aromatic N) is 1. The van der Waals surface area contributed by atoms with Crippen molar-refractivity contribution >= 4 is 34.9 Å². The van der Waals surface area contributed by atoms with Gasteiger partial charge in [0.1, 0.15) is 0 Å². The van der Waals surface area contributed by atoms with E-state index in [1.54, 1.807) is 6.07 Å². The molecule has 5 heteroatoms. The molecule has 92 valence electrons. The standard InChI is InChI=1S/C12H12ClFN2.ClH/c1-16-10-4-5-15-6-8(10)7-2-3-9(13)11(14)12(7)16;/h2-3,15H,4-6H2,1H3;1H. The molecule has 3 rings (SSSR count). The minimum Gasteiger partial charge on any atom is -0.345 e. The van der Waals surface area contributed by atoms with Gasteiger partial charge in [-0.05, 0) is 11.6 Å². The minimum absolute atomic E-state index is 0. The second-order valence-corrected chi connectivity index (χ2v) is 4.58. The first-order valence-corrected chi connectivity index (χ1v) is 5.73. The van der Waals surface area contributed by atoms with Gasteiger partial charge in [-0.2, -0.15) is 0 Å². The lowest BCUT2D eigenvalue weighted by Gasteiger charge is -2.14. The van der Waals surface area contributed by atoms with E-state index in [1.807, 2.05) is 17.7 Å². The maximum atomic E-state index is 14.0. The molecular weight excluding hydrogens is 262 g/mol. The first kappa shape index (κ1) is 12.7. The summed E-state index contributed by atoms with van der Waals surface area (Å²) in [7, 11) is 1.91. The van der Waals surface area contributed by atoms with E-state index >= 15 is 0 Å². The van der Waals surface area contributed by atoms with Crippen LogP contribution < -0.4 is 5.32 Å². The Kier molecular flexibility index (Phi) is 3.34. The van der Waals surface area contributed by atoms with Crippen molar-refractivity contribution in [3.63, 3.8) is 0 Å². The fraction of sp³-hybridized carbons (Fsp3) is 0.333. The Morgan fingerprint density at radius 2 is 2.18 bits per heavy atom. The minimum atomic E-state index is -0.309. The Hall–Kier alpha value is -0.770. The molecule has 1 aliphatic rings. The zero-order valence-electron chi connectivity index (χ0n) is 9.39. The predicted octanol–water partition coefficient (Wildman–Crippen LogP) is 3.04. The third-order valence-electron chi connectivity index (χ3n) is 3.32. The Morgan fingerprint density at radius 1 is 1.41 bits per heavy atom. The highest BCUT2D eigenvalue weighted by molar-refractivity contribution is 6.31. The zero-order valence-corrected chi connectivity index (χ0v) is 11.0. The summed E-state index contributed by atoms with van der Waals surface area (Å²) in [6, 6.07) is 3.54. The summed E-state index contributed by atoms with van der Waals surface area (Å²) in [4.78, 5) is 0. The maximum absolute atomic E-state index is 14.0. The molecule has 1 aromatic carbocycles. The van der Waals surface area contributed by atoms with Crippen molar-refractivity contribution in [1.29, 1.82) is 0 Å². The van der Waals surface area contributed by atoms with E-state index in [9.17, 15) is 4.39 Å². The summed E-state index contributed by atoms with van der Waals surface area (Å²) in [6.07, 6.45) is 0.942. The van der Waals surface area contributed by atoms with Gasteiger partial charge in [-0.3, -0.25) is 0 Å². The van der Waals surface area contributed by atoms with Crippen molar-refractivity contribution in [1.82, 2.24) is 9.88 Å². The number of hydrogen-bond acceptors (Lipinski definition) is 1. The summed E-state index contributed by atoms with van der Waals surface area (Å²) in [6.45, 7) is 1.76. The van der Waals surface area contributed by atoms with Crippen LogP contribution in [0.25, 0.3) is 10.9 Å². The molecule has 0 fully saturated rings. The molecule has 2 heterocycles. The Bertz CT molecular complexity index is 578. The lowest BCUT2D eigenvalue weighted by molar-refractivity contribution is 0.612. The number of aromatic nitrogens is 1. The van der Waals surface area contributed by atoms with Gasteiger partial charge in [-0.25, -0.2) is 4.39 Å². The maximum Gasteiger partial charge on any atom is 0.166 e. The van der Waals surface area contributed by atoms with Crippen molar-refractivity contribution in [3.8, 4) is 0 Å². The van der Waals surface area contributed by atoms with E-state index in [2.05, 4.69) is 5.32 Å². The van der Waals surface area contributed by atoms with Crippen LogP contribution in [0.5, 0.6) is 0 Å². The number of halogens is 3. The summed E-state index contributed by atoms with van der Waals surface area (Å²) in [5.41, 5.74) is 3.05. The molecule has 17 heavy (non-hydrogen) atoms. The van der Waals surface area contributed by atoms with Gasteiger partial charge in [-0.1, -0.05) is 17.7 Å². The molecule has 0 saturated carbocycles. The van der Waals surface area contributed by atoms with E-state index in [1.165, 1.54) is 11.3 Å². The molecule has 1 aromatic heterocycles. The van der Waals surface area contributed by atoms with Gasteiger partial charge in [0.2, 0.25) is 0 Å². The normalized spacial score (nSPS) is 14.5. The third-order valence-corrected chi connectivity index (χ3v) is 3.62. The quantitative estimate of drug-likeness (QED) is 0.782. The lowest BCUT2D eigenvalue weighted by atomic mass is 10.1. The Balaban J connectivity index is 0.00000108. The molecular formula is C12H13Cl2FN2. The number of rotatable bonds is 0. The van der Waals surface area contributed by atoms with Crippen LogP contribution in [-0.4, -0.2) is 11.1 Å². The highest BCUT2D eigenvalue weighted by atomic mass is 35.5. The van der Waals surface area contributed by atoms with Crippen LogP contribution in [-0.2, 0) is 20.0 Å². The number of aryl methyl sites for hydroxylation is 1. The lowest BCUT2D eigenvalue weighted by Crippen LogP contribution is -2.24. The van der Waals surface area contributed by atoms with Crippen molar-refractivity contribution in [2.45, 2.75) is 13.0 Å². The Morgan fingerprint density at radius 3 is 2.94 bits per heavy atom. The molecule has 0 unspecified atom stereocenters. The number of hydrogen-bond donors (Lipinski definition) is 1. The van der Waals surface area contributed by atoms with Crippen molar-refractivity contribution in [3.05, 3.63) is 34.2 Å². The fourth-order valence-corrected chi connectivity index (χ4v) is 2.69. The van der Waals surface area contributed by atoms with E-state index in [0.29, 0.717) is 5.52 Å². The molecule has 0 spiro atoms. The van der Waals surface area contributed by atoms with Crippen molar-refractivity contribution in [2.24, 2.45) is 7.05 Å². The summed E-state index contributed by atoms with van der Waals surface area (Å²) < 4.78 is 15.9. The summed E-state index contributed by atoms with van der Waals surface area (Å²) in [5.74, 6) is -0.309. The average Bonchev–Trinajstić information content (AvgIpc) is 2.59. The second-order valence-electron chi connectivity index (χ2n) is 4.17. The van der Waals surface area contributed by atoms with Gasteiger partial charge < -0.3 is 9.88 Å². The van der Waals surface area contributed by atoms with Crippen LogP contribution in [0, 0.1) is 5.82 Å². The van der Waals surface area contributed by atoms with E-state index in [0.717, 1.165) is 24.9 Å². The smallest absolute Gasteiger partial charge is 0.166 e. The SMILES string of the molecule is Cl.Cn1c2c(c3ccc(Cl)c(F)c31)CNCC2. The van der Waals surface area contributed by atoms with Crippen molar-refractivity contribution < 1.29 is 4.39 Å². The molecule has 0 amide bonds. The molecule has 0 bridgehead atoms. The molecule has 2 aromatic rings. The van der Waals surface area contributed by atoms with Crippen LogP contribution >= 0.6 is 24.0 Å². The van der Waals surface area contributed by atoms with E-state index in [4.69, 9.17) is 11.6 Å². The van der Waals surface area contributed by atoms with Gasteiger partial charge >= 0.3 is 0 Å². The van der Waals surface area contributed by atoms with E-state index in [-0.39, 0.29) is 23.2 Å². The first-order valence-electron chi connectivity index (χ1n) is 5.35. The summed E-state index contributed by atoms with van der Waals surface area (Å²) in [5, 5.41) is 4.48.